The number of nitrogens with two attached hydrogens (primary N) is 1. The first-order valence-electron chi connectivity index (χ1n) is 6.83. The van der Waals surface area contributed by atoms with Crippen LogP contribution in [0.15, 0.2) is 22.7 Å². The molecule has 1 saturated carbocycles. The Balaban J connectivity index is 1.99. The van der Waals surface area contributed by atoms with Crippen LogP contribution in [0.2, 0.25) is 0 Å². The third-order valence-electron chi connectivity index (χ3n) is 4.09. The van der Waals surface area contributed by atoms with E-state index in [2.05, 4.69) is 15.9 Å². The molecule has 20 heavy (non-hydrogen) atoms. The molecule has 106 valence electrons. The number of benzene rings is 1. The van der Waals surface area contributed by atoms with Crippen molar-refractivity contribution in [2.45, 2.75) is 31.7 Å². The van der Waals surface area contributed by atoms with Crippen LogP contribution in [0.5, 0.6) is 0 Å². The third-order valence-corrected chi connectivity index (χ3v) is 5.91. The molecular weight excluding hydrogens is 336 g/mol. The summed E-state index contributed by atoms with van der Waals surface area (Å²) in [5.41, 5.74) is 6.81. The van der Waals surface area contributed by atoms with Gasteiger partial charge in [-0.05, 0) is 25.0 Å². The van der Waals surface area contributed by atoms with Crippen molar-refractivity contribution in [3.63, 3.8) is 0 Å². The summed E-state index contributed by atoms with van der Waals surface area (Å²) in [5, 5.41) is 0.959. The van der Waals surface area contributed by atoms with Gasteiger partial charge in [0.25, 0.3) is 5.91 Å². The number of anilines is 1. The zero-order chi connectivity index (χ0) is 14.3. The van der Waals surface area contributed by atoms with Crippen LogP contribution in [-0.2, 0) is 0 Å². The number of halogens is 1. The fourth-order valence-electron chi connectivity index (χ4n) is 2.91. The molecule has 0 aliphatic heterocycles. The van der Waals surface area contributed by atoms with Gasteiger partial charge in [0.1, 0.15) is 4.88 Å². The number of thiophene rings is 1. The maximum atomic E-state index is 12.7. The highest BCUT2D eigenvalue weighted by Gasteiger charge is 2.27. The molecule has 0 saturated heterocycles. The number of hydrogen-bond acceptors (Lipinski definition) is 3. The molecule has 3 rings (SSSR count). The summed E-state index contributed by atoms with van der Waals surface area (Å²) in [7, 11) is 1.90. The molecule has 1 amide bonds. The van der Waals surface area contributed by atoms with Crippen molar-refractivity contribution in [1.29, 1.82) is 0 Å². The van der Waals surface area contributed by atoms with E-state index in [1.54, 1.807) is 0 Å². The lowest BCUT2D eigenvalue weighted by Gasteiger charge is -2.23. The Kier molecular flexibility index (Phi) is 3.73. The van der Waals surface area contributed by atoms with Gasteiger partial charge in [-0.25, -0.2) is 0 Å². The van der Waals surface area contributed by atoms with Crippen LogP contribution in [0.3, 0.4) is 0 Å². The second-order valence-electron chi connectivity index (χ2n) is 5.31. The minimum absolute atomic E-state index is 0.0579. The summed E-state index contributed by atoms with van der Waals surface area (Å²) in [6.45, 7) is 0. The molecule has 0 radical (unpaired) electrons. The molecule has 5 heteroatoms. The number of carbonyl (C=O) groups is 1. The number of fused-ring (bicyclic) bond motifs is 1. The summed E-state index contributed by atoms with van der Waals surface area (Å²) in [6.07, 6.45) is 4.65. The first kappa shape index (κ1) is 13.9. The summed E-state index contributed by atoms with van der Waals surface area (Å²) in [5.74, 6) is 0.0579. The number of nitrogens with zero attached hydrogens (tertiary/aromatic N) is 1. The quantitative estimate of drug-likeness (QED) is 0.877. The van der Waals surface area contributed by atoms with E-state index in [1.807, 2.05) is 30.1 Å². The zero-order valence-electron chi connectivity index (χ0n) is 11.4. The van der Waals surface area contributed by atoms with Crippen LogP contribution < -0.4 is 5.73 Å². The van der Waals surface area contributed by atoms with Gasteiger partial charge in [0.2, 0.25) is 0 Å². The molecule has 3 nitrogen and oxygen atoms in total. The standard InChI is InChI=1S/C15H17BrN2OS/c1-18(9-5-2-3-6-9)15(19)14-13(17)12-10(16)7-4-8-11(12)20-14/h4,7-9H,2-3,5-6,17H2,1H3. The average Bonchev–Trinajstić information content (AvgIpc) is 3.06. The minimum Gasteiger partial charge on any atom is -0.397 e. The second-order valence-corrected chi connectivity index (χ2v) is 7.22. The van der Waals surface area contributed by atoms with Crippen LogP contribution in [0.4, 0.5) is 5.69 Å². The van der Waals surface area contributed by atoms with E-state index < -0.39 is 0 Å². The largest absolute Gasteiger partial charge is 0.397 e. The minimum atomic E-state index is 0.0579. The lowest BCUT2D eigenvalue weighted by Crippen LogP contribution is -2.35. The highest BCUT2D eigenvalue weighted by atomic mass is 79.9. The summed E-state index contributed by atoms with van der Waals surface area (Å²) < 4.78 is 2.01. The van der Waals surface area contributed by atoms with E-state index in [1.165, 1.54) is 24.2 Å². The summed E-state index contributed by atoms with van der Waals surface area (Å²) >= 11 is 5.00. The van der Waals surface area contributed by atoms with E-state index in [4.69, 9.17) is 5.73 Å². The predicted octanol–water partition coefficient (Wildman–Crippen LogP) is 4.26. The highest BCUT2D eigenvalue weighted by molar-refractivity contribution is 9.10. The smallest absolute Gasteiger partial charge is 0.266 e. The SMILES string of the molecule is CN(C(=O)c1sc2cccc(Br)c2c1N)C1CCCC1. The average molecular weight is 353 g/mol. The van der Waals surface area contributed by atoms with Crippen LogP contribution in [0, 0.1) is 0 Å². The van der Waals surface area contributed by atoms with E-state index in [-0.39, 0.29) is 5.91 Å². The fraction of sp³-hybridized carbons (Fsp3) is 0.400. The van der Waals surface area contributed by atoms with Crippen molar-refractivity contribution in [2.75, 3.05) is 12.8 Å². The molecule has 0 unspecified atom stereocenters. The maximum Gasteiger partial charge on any atom is 0.266 e. The van der Waals surface area contributed by atoms with Crippen molar-refractivity contribution in [3.8, 4) is 0 Å². The van der Waals surface area contributed by atoms with Gasteiger partial charge in [-0.3, -0.25) is 4.79 Å². The maximum absolute atomic E-state index is 12.7. The Bertz CT molecular complexity index is 661. The molecule has 2 N–H and O–H groups in total. The molecule has 1 aromatic carbocycles. The number of hydrogen-bond donors (Lipinski definition) is 1. The molecule has 1 aromatic heterocycles. The Hall–Kier alpha value is -1.07. The van der Waals surface area contributed by atoms with Gasteiger partial charge in [-0.15, -0.1) is 11.3 Å². The molecule has 0 bridgehead atoms. The molecule has 1 fully saturated rings. The molecule has 0 spiro atoms. The van der Waals surface area contributed by atoms with Gasteiger partial charge >= 0.3 is 0 Å². The fourth-order valence-corrected chi connectivity index (χ4v) is 4.75. The summed E-state index contributed by atoms with van der Waals surface area (Å²) in [4.78, 5) is 15.2. The van der Waals surface area contributed by atoms with Crippen LogP contribution in [0.25, 0.3) is 10.1 Å². The zero-order valence-corrected chi connectivity index (χ0v) is 13.8. The van der Waals surface area contributed by atoms with Gasteiger partial charge in [-0.2, -0.15) is 0 Å². The van der Waals surface area contributed by atoms with Gasteiger partial charge in [0.15, 0.2) is 0 Å². The van der Waals surface area contributed by atoms with Gasteiger partial charge in [-0.1, -0.05) is 34.8 Å². The first-order chi connectivity index (χ1) is 9.59. The van der Waals surface area contributed by atoms with E-state index >= 15 is 0 Å². The van der Waals surface area contributed by atoms with E-state index in [0.717, 1.165) is 27.4 Å². The van der Waals surface area contributed by atoms with Crippen molar-refractivity contribution >= 4 is 48.9 Å². The van der Waals surface area contributed by atoms with Gasteiger partial charge in [0, 0.05) is 27.6 Å². The van der Waals surface area contributed by atoms with Crippen molar-refractivity contribution in [2.24, 2.45) is 0 Å². The normalized spacial score (nSPS) is 15.9. The number of carbonyl (C=O) groups excluding carboxylic acids is 1. The monoisotopic (exact) mass is 352 g/mol. The van der Waals surface area contributed by atoms with E-state index in [0.29, 0.717) is 16.6 Å². The topological polar surface area (TPSA) is 46.3 Å². The second kappa shape index (κ2) is 5.37. The molecule has 1 aliphatic carbocycles. The Labute approximate surface area is 130 Å². The van der Waals surface area contributed by atoms with Gasteiger partial charge < -0.3 is 10.6 Å². The lowest BCUT2D eigenvalue weighted by molar-refractivity contribution is 0.0741. The Morgan fingerprint density at radius 3 is 2.75 bits per heavy atom. The molecular formula is C15H17BrN2OS. The molecule has 2 aromatic rings. The lowest BCUT2D eigenvalue weighted by atomic mass is 10.2. The van der Waals surface area contributed by atoms with E-state index in [9.17, 15) is 4.79 Å². The molecule has 1 aliphatic rings. The Morgan fingerprint density at radius 2 is 2.10 bits per heavy atom. The van der Waals surface area contributed by atoms with Crippen LogP contribution >= 0.6 is 27.3 Å². The molecule has 0 atom stereocenters. The van der Waals surface area contributed by atoms with Crippen molar-refractivity contribution in [3.05, 3.63) is 27.5 Å². The summed E-state index contributed by atoms with van der Waals surface area (Å²) in [6, 6.07) is 6.31. The Morgan fingerprint density at radius 1 is 1.40 bits per heavy atom. The van der Waals surface area contributed by atoms with Gasteiger partial charge in [0.05, 0.1) is 5.69 Å². The van der Waals surface area contributed by atoms with Crippen LogP contribution in [0.1, 0.15) is 35.4 Å². The molecule has 1 heterocycles. The third kappa shape index (κ3) is 2.23. The van der Waals surface area contributed by atoms with Crippen molar-refractivity contribution in [1.82, 2.24) is 4.90 Å². The first-order valence-corrected chi connectivity index (χ1v) is 8.44. The number of amides is 1. The predicted molar refractivity (Wildman–Crippen MR) is 88.3 cm³/mol. The number of nitrogen functional groups attached to an aromatic ring is 1. The van der Waals surface area contributed by atoms with Crippen molar-refractivity contribution < 1.29 is 4.79 Å². The number of rotatable bonds is 2. The highest BCUT2D eigenvalue weighted by Crippen LogP contribution is 2.39. The van der Waals surface area contributed by atoms with Crippen LogP contribution in [-0.4, -0.2) is 23.9 Å².